The van der Waals surface area contributed by atoms with Gasteiger partial charge in [-0.1, -0.05) is 25.0 Å². The quantitative estimate of drug-likeness (QED) is 0.932. The molecule has 1 fully saturated rings. The molecule has 1 saturated carbocycles. The molecule has 2 aromatic rings. The summed E-state index contributed by atoms with van der Waals surface area (Å²) in [5, 5.41) is 3.34. The van der Waals surface area contributed by atoms with E-state index in [4.69, 9.17) is 4.74 Å². The first kappa shape index (κ1) is 16.2. The fraction of sp³-hybridized carbons (Fsp3) is 0.500. The average Bonchev–Trinajstić information content (AvgIpc) is 3.31. The second-order valence-electron chi connectivity index (χ2n) is 7.22. The molecule has 1 N–H and O–H groups in total. The molecule has 1 amide bonds. The van der Waals surface area contributed by atoms with Crippen LogP contribution in [0.2, 0.25) is 0 Å². The molecule has 5 nitrogen and oxygen atoms in total. The standard InChI is InChI=1S/C20H25N3O2/c1-25-17-7-4-15(5-8-17)20(10-2-3-11-20)19(24)22-16-6-9-18-21-12-13-23(18)14-16/h4-5,7-8,12-13,16H,2-3,6,9-11,14H2,1H3,(H,22,24)/t16-/m1/s1. The first-order valence-corrected chi connectivity index (χ1v) is 9.17. The SMILES string of the molecule is COc1ccc(C2(C(=O)N[C@@H]3CCc4nccn4C3)CCCC2)cc1. The molecular weight excluding hydrogens is 314 g/mol. The van der Waals surface area contributed by atoms with Crippen LogP contribution in [-0.4, -0.2) is 28.6 Å². The minimum absolute atomic E-state index is 0.184. The Morgan fingerprint density at radius 3 is 2.76 bits per heavy atom. The molecule has 1 atom stereocenters. The highest BCUT2D eigenvalue weighted by molar-refractivity contribution is 5.88. The normalized spacial score (nSPS) is 21.6. The second-order valence-corrected chi connectivity index (χ2v) is 7.22. The predicted molar refractivity (Wildman–Crippen MR) is 95.6 cm³/mol. The van der Waals surface area contributed by atoms with E-state index in [1.54, 1.807) is 7.11 Å². The summed E-state index contributed by atoms with van der Waals surface area (Å²) in [5.74, 6) is 2.14. The van der Waals surface area contributed by atoms with Crippen molar-refractivity contribution in [1.29, 1.82) is 0 Å². The third-order valence-corrected chi connectivity index (χ3v) is 5.80. The summed E-state index contributed by atoms with van der Waals surface area (Å²) in [6, 6.07) is 8.21. The largest absolute Gasteiger partial charge is 0.497 e. The maximum absolute atomic E-state index is 13.3. The number of methoxy groups -OCH3 is 1. The zero-order valence-corrected chi connectivity index (χ0v) is 14.7. The fourth-order valence-corrected chi connectivity index (χ4v) is 4.34. The second kappa shape index (κ2) is 6.54. The third-order valence-electron chi connectivity index (χ3n) is 5.80. The van der Waals surface area contributed by atoms with Crippen LogP contribution in [-0.2, 0) is 23.2 Å². The van der Waals surface area contributed by atoms with Crippen LogP contribution in [0.25, 0.3) is 0 Å². The topological polar surface area (TPSA) is 56.1 Å². The van der Waals surface area contributed by atoms with Crippen molar-refractivity contribution in [1.82, 2.24) is 14.9 Å². The number of carbonyl (C=O) groups excluding carboxylic acids is 1. The molecular formula is C20H25N3O2. The minimum Gasteiger partial charge on any atom is -0.497 e. The Hall–Kier alpha value is -2.30. The molecule has 4 rings (SSSR count). The van der Waals surface area contributed by atoms with E-state index in [0.717, 1.165) is 62.2 Å². The summed E-state index contributed by atoms with van der Waals surface area (Å²) in [6.07, 6.45) is 9.79. The van der Waals surface area contributed by atoms with Gasteiger partial charge in [0, 0.05) is 31.4 Å². The lowest BCUT2D eigenvalue weighted by atomic mass is 9.77. The number of ether oxygens (including phenoxy) is 1. The van der Waals surface area contributed by atoms with Gasteiger partial charge in [0.15, 0.2) is 0 Å². The van der Waals surface area contributed by atoms with Crippen LogP contribution in [0.3, 0.4) is 0 Å². The Morgan fingerprint density at radius 2 is 2.04 bits per heavy atom. The molecule has 0 unspecified atom stereocenters. The summed E-state index contributed by atoms with van der Waals surface area (Å²) in [7, 11) is 1.67. The first-order valence-electron chi connectivity index (χ1n) is 9.17. The summed E-state index contributed by atoms with van der Waals surface area (Å²) >= 11 is 0. The van der Waals surface area contributed by atoms with Gasteiger partial charge >= 0.3 is 0 Å². The Kier molecular flexibility index (Phi) is 4.24. The summed E-state index contributed by atoms with van der Waals surface area (Å²) in [6.45, 7) is 0.819. The highest BCUT2D eigenvalue weighted by Gasteiger charge is 2.43. The van der Waals surface area contributed by atoms with Gasteiger partial charge in [-0.05, 0) is 37.0 Å². The van der Waals surface area contributed by atoms with E-state index < -0.39 is 0 Å². The number of aromatic nitrogens is 2. The molecule has 1 aromatic carbocycles. The van der Waals surface area contributed by atoms with E-state index in [1.165, 1.54) is 0 Å². The molecule has 132 valence electrons. The van der Waals surface area contributed by atoms with Gasteiger partial charge in [-0.15, -0.1) is 0 Å². The van der Waals surface area contributed by atoms with Crippen molar-refractivity contribution in [3.63, 3.8) is 0 Å². The highest BCUT2D eigenvalue weighted by atomic mass is 16.5. The number of nitrogens with one attached hydrogen (secondary N) is 1. The summed E-state index contributed by atoms with van der Waals surface area (Å²) in [4.78, 5) is 17.6. The molecule has 1 aliphatic carbocycles. The lowest BCUT2D eigenvalue weighted by Gasteiger charge is -2.32. The molecule has 0 spiro atoms. The molecule has 2 heterocycles. The van der Waals surface area contributed by atoms with E-state index in [0.29, 0.717) is 0 Å². The van der Waals surface area contributed by atoms with Crippen LogP contribution < -0.4 is 10.1 Å². The van der Waals surface area contributed by atoms with E-state index in [9.17, 15) is 4.79 Å². The van der Waals surface area contributed by atoms with E-state index in [2.05, 4.69) is 27.0 Å². The van der Waals surface area contributed by atoms with Gasteiger partial charge in [0.2, 0.25) is 5.91 Å². The lowest BCUT2D eigenvalue weighted by Crippen LogP contribution is -2.49. The van der Waals surface area contributed by atoms with Crippen molar-refractivity contribution in [2.75, 3.05) is 7.11 Å². The number of hydrogen-bond acceptors (Lipinski definition) is 3. The van der Waals surface area contributed by atoms with Crippen LogP contribution in [0.4, 0.5) is 0 Å². The van der Waals surface area contributed by atoms with Crippen molar-refractivity contribution in [3.8, 4) is 5.75 Å². The number of carbonyl (C=O) groups is 1. The smallest absolute Gasteiger partial charge is 0.230 e. The predicted octanol–water partition coefficient (Wildman–Crippen LogP) is 2.83. The van der Waals surface area contributed by atoms with E-state index in [-0.39, 0.29) is 17.4 Å². The van der Waals surface area contributed by atoms with Crippen LogP contribution >= 0.6 is 0 Å². The Bertz CT molecular complexity index is 745. The molecule has 25 heavy (non-hydrogen) atoms. The molecule has 5 heteroatoms. The van der Waals surface area contributed by atoms with Gasteiger partial charge in [-0.3, -0.25) is 4.79 Å². The van der Waals surface area contributed by atoms with Crippen molar-refractivity contribution in [3.05, 3.63) is 48.0 Å². The molecule has 0 radical (unpaired) electrons. The molecule has 2 aliphatic rings. The third kappa shape index (κ3) is 2.92. The van der Waals surface area contributed by atoms with Crippen molar-refractivity contribution in [2.24, 2.45) is 0 Å². The van der Waals surface area contributed by atoms with Gasteiger partial charge < -0.3 is 14.6 Å². The Labute approximate surface area is 148 Å². The minimum atomic E-state index is -0.387. The maximum atomic E-state index is 13.3. The van der Waals surface area contributed by atoms with Crippen LogP contribution in [0.15, 0.2) is 36.7 Å². The summed E-state index contributed by atoms with van der Waals surface area (Å²) in [5.41, 5.74) is 0.726. The maximum Gasteiger partial charge on any atom is 0.230 e. The monoisotopic (exact) mass is 339 g/mol. The van der Waals surface area contributed by atoms with Crippen LogP contribution in [0.1, 0.15) is 43.5 Å². The number of hydrogen-bond donors (Lipinski definition) is 1. The van der Waals surface area contributed by atoms with Crippen molar-refractivity contribution < 1.29 is 9.53 Å². The average molecular weight is 339 g/mol. The Balaban J connectivity index is 1.53. The van der Waals surface area contributed by atoms with Crippen LogP contribution in [0.5, 0.6) is 5.75 Å². The molecule has 1 aliphatic heterocycles. The number of nitrogens with zero attached hydrogens (tertiary/aromatic N) is 2. The van der Waals surface area contributed by atoms with Crippen molar-refractivity contribution in [2.45, 2.75) is 56.5 Å². The van der Waals surface area contributed by atoms with Gasteiger partial charge in [0.25, 0.3) is 0 Å². The Morgan fingerprint density at radius 1 is 1.28 bits per heavy atom. The molecule has 1 aromatic heterocycles. The van der Waals surface area contributed by atoms with Gasteiger partial charge in [-0.25, -0.2) is 4.98 Å². The number of amides is 1. The number of rotatable bonds is 4. The number of imidazole rings is 1. The number of aryl methyl sites for hydroxylation is 1. The van der Waals surface area contributed by atoms with Gasteiger partial charge in [0.05, 0.1) is 12.5 Å². The zero-order valence-electron chi connectivity index (χ0n) is 14.7. The van der Waals surface area contributed by atoms with Crippen LogP contribution in [0, 0.1) is 0 Å². The zero-order chi connectivity index (χ0) is 17.3. The number of fused-ring (bicyclic) bond motifs is 1. The van der Waals surface area contributed by atoms with E-state index >= 15 is 0 Å². The molecule has 0 saturated heterocycles. The first-order chi connectivity index (χ1) is 12.2. The van der Waals surface area contributed by atoms with Gasteiger partial charge in [0.1, 0.15) is 11.6 Å². The number of benzene rings is 1. The summed E-state index contributed by atoms with van der Waals surface area (Å²) < 4.78 is 7.42. The molecule has 0 bridgehead atoms. The van der Waals surface area contributed by atoms with Gasteiger partial charge in [-0.2, -0.15) is 0 Å². The van der Waals surface area contributed by atoms with E-state index in [1.807, 2.05) is 24.5 Å². The lowest BCUT2D eigenvalue weighted by molar-refractivity contribution is -0.127. The highest BCUT2D eigenvalue weighted by Crippen LogP contribution is 2.42. The van der Waals surface area contributed by atoms with Crippen molar-refractivity contribution >= 4 is 5.91 Å². The fourth-order valence-electron chi connectivity index (χ4n) is 4.34.